The Labute approximate surface area is 192 Å². The molecule has 0 bridgehead atoms. The first-order chi connectivity index (χ1) is 15.3. The van der Waals surface area contributed by atoms with Gasteiger partial charge in [0.15, 0.2) is 5.11 Å². The van der Waals surface area contributed by atoms with Crippen molar-refractivity contribution in [3.05, 3.63) is 66.2 Å². The molecule has 0 unspecified atom stereocenters. The second kappa shape index (κ2) is 10.8. The molecule has 0 aliphatic carbocycles. The SMILES string of the molecule is C=CCN(C)CCCCOc1ccc2c(c1)CCN2C(=S)Nc1ccc(C(F)(F)F)cc1. The van der Waals surface area contributed by atoms with Crippen LogP contribution in [0, 0.1) is 0 Å². The van der Waals surface area contributed by atoms with Gasteiger partial charge in [0, 0.05) is 24.5 Å². The molecule has 4 nitrogen and oxygen atoms in total. The molecule has 0 fully saturated rings. The normalized spacial score (nSPS) is 13.2. The van der Waals surface area contributed by atoms with Gasteiger partial charge in [-0.3, -0.25) is 0 Å². The van der Waals surface area contributed by atoms with Gasteiger partial charge in [0.25, 0.3) is 0 Å². The number of unbranched alkanes of at least 4 members (excludes halogenated alkanes) is 1. The van der Waals surface area contributed by atoms with E-state index in [1.807, 2.05) is 29.2 Å². The maximum atomic E-state index is 12.7. The first-order valence-electron chi connectivity index (χ1n) is 10.6. The van der Waals surface area contributed by atoms with E-state index in [1.54, 1.807) is 0 Å². The van der Waals surface area contributed by atoms with Gasteiger partial charge < -0.3 is 19.9 Å². The number of fused-ring (bicyclic) bond motifs is 1. The van der Waals surface area contributed by atoms with E-state index in [0.29, 0.717) is 24.0 Å². The minimum absolute atomic E-state index is 0.459. The molecule has 1 N–H and O–H groups in total. The quantitative estimate of drug-likeness (QED) is 0.291. The van der Waals surface area contributed by atoms with Crippen LogP contribution >= 0.6 is 12.2 Å². The molecule has 0 saturated carbocycles. The average Bonchev–Trinajstić information content (AvgIpc) is 3.17. The summed E-state index contributed by atoms with van der Waals surface area (Å²) in [6, 6.07) is 10.8. The van der Waals surface area contributed by atoms with Crippen molar-refractivity contribution in [3.8, 4) is 5.75 Å². The number of nitrogens with zero attached hydrogens (tertiary/aromatic N) is 2. The van der Waals surface area contributed by atoms with E-state index in [2.05, 4.69) is 23.8 Å². The van der Waals surface area contributed by atoms with E-state index in [9.17, 15) is 13.2 Å². The summed E-state index contributed by atoms with van der Waals surface area (Å²) in [6.45, 7) is 7.01. The Morgan fingerprint density at radius 1 is 1.22 bits per heavy atom. The lowest BCUT2D eigenvalue weighted by molar-refractivity contribution is -0.137. The number of ether oxygens (including phenoxy) is 1. The summed E-state index contributed by atoms with van der Waals surface area (Å²) < 4.78 is 44.1. The van der Waals surface area contributed by atoms with Crippen LogP contribution in [0.3, 0.4) is 0 Å². The number of nitrogens with one attached hydrogen (secondary N) is 1. The summed E-state index contributed by atoms with van der Waals surface area (Å²) in [5.41, 5.74) is 1.98. The number of alkyl halides is 3. The molecule has 8 heteroatoms. The average molecular weight is 464 g/mol. The molecule has 0 spiro atoms. The number of anilines is 2. The molecule has 1 heterocycles. The number of hydrogen-bond donors (Lipinski definition) is 1. The highest BCUT2D eigenvalue weighted by atomic mass is 32.1. The predicted octanol–water partition coefficient (Wildman–Crippen LogP) is 5.74. The molecular weight excluding hydrogens is 435 g/mol. The minimum atomic E-state index is -4.35. The van der Waals surface area contributed by atoms with Crippen molar-refractivity contribution in [2.24, 2.45) is 0 Å². The van der Waals surface area contributed by atoms with Gasteiger partial charge in [-0.25, -0.2) is 0 Å². The molecule has 0 radical (unpaired) electrons. The van der Waals surface area contributed by atoms with E-state index in [4.69, 9.17) is 17.0 Å². The zero-order chi connectivity index (χ0) is 23.1. The molecule has 3 rings (SSSR count). The third-order valence-electron chi connectivity index (χ3n) is 5.30. The monoisotopic (exact) mass is 463 g/mol. The zero-order valence-corrected chi connectivity index (χ0v) is 18.9. The maximum Gasteiger partial charge on any atom is 0.416 e. The molecule has 1 aliphatic heterocycles. The Kier molecular flexibility index (Phi) is 8.15. The van der Waals surface area contributed by atoms with Crippen molar-refractivity contribution >= 4 is 28.7 Å². The third-order valence-corrected chi connectivity index (χ3v) is 5.62. The summed E-state index contributed by atoms with van der Waals surface area (Å²) >= 11 is 5.50. The number of rotatable bonds is 9. The number of thiocarbonyl (C=S) groups is 1. The summed E-state index contributed by atoms with van der Waals surface area (Å²) in [7, 11) is 2.08. The molecule has 1 aliphatic rings. The Hall–Kier alpha value is -2.58. The fourth-order valence-electron chi connectivity index (χ4n) is 3.60. The summed E-state index contributed by atoms with van der Waals surface area (Å²) in [4.78, 5) is 4.18. The molecule has 0 aromatic heterocycles. The van der Waals surface area contributed by atoms with Crippen LogP contribution in [0.1, 0.15) is 24.0 Å². The first-order valence-corrected chi connectivity index (χ1v) is 11.0. The van der Waals surface area contributed by atoms with Gasteiger partial charge in [0.05, 0.1) is 12.2 Å². The number of hydrogen-bond acceptors (Lipinski definition) is 3. The Morgan fingerprint density at radius 3 is 2.66 bits per heavy atom. The second-order valence-electron chi connectivity index (χ2n) is 7.80. The fourth-order valence-corrected chi connectivity index (χ4v) is 3.91. The molecule has 172 valence electrons. The minimum Gasteiger partial charge on any atom is -0.494 e. The van der Waals surface area contributed by atoms with Gasteiger partial charge in [-0.2, -0.15) is 13.2 Å². The molecule has 0 atom stereocenters. The van der Waals surface area contributed by atoms with Crippen LogP contribution in [0.2, 0.25) is 0 Å². The van der Waals surface area contributed by atoms with Gasteiger partial charge in [-0.05, 0) is 93.1 Å². The van der Waals surface area contributed by atoms with E-state index < -0.39 is 11.7 Å². The first kappa shape index (κ1) is 24.1. The Bertz CT molecular complexity index is 931. The lowest BCUT2D eigenvalue weighted by atomic mass is 10.1. The lowest BCUT2D eigenvalue weighted by Gasteiger charge is -2.21. The smallest absolute Gasteiger partial charge is 0.416 e. The molecule has 2 aromatic rings. The van der Waals surface area contributed by atoms with E-state index in [1.165, 1.54) is 12.1 Å². The van der Waals surface area contributed by atoms with Crippen LogP contribution in [-0.2, 0) is 12.6 Å². The Morgan fingerprint density at radius 2 is 1.97 bits per heavy atom. The van der Waals surface area contributed by atoms with Gasteiger partial charge >= 0.3 is 6.18 Å². The van der Waals surface area contributed by atoms with Crippen molar-refractivity contribution in [1.82, 2.24) is 4.90 Å². The van der Waals surface area contributed by atoms with E-state index in [0.717, 1.165) is 61.5 Å². The van der Waals surface area contributed by atoms with Crippen LogP contribution in [-0.4, -0.2) is 43.3 Å². The van der Waals surface area contributed by atoms with Crippen LogP contribution in [0.15, 0.2) is 55.1 Å². The van der Waals surface area contributed by atoms with E-state index >= 15 is 0 Å². The summed E-state index contributed by atoms with van der Waals surface area (Å²) in [6.07, 6.45) is 0.413. The van der Waals surface area contributed by atoms with Gasteiger partial charge in [0.2, 0.25) is 0 Å². The van der Waals surface area contributed by atoms with Gasteiger partial charge in [-0.15, -0.1) is 6.58 Å². The highest BCUT2D eigenvalue weighted by molar-refractivity contribution is 7.80. The predicted molar refractivity (Wildman–Crippen MR) is 128 cm³/mol. The van der Waals surface area contributed by atoms with Crippen molar-refractivity contribution in [3.63, 3.8) is 0 Å². The van der Waals surface area contributed by atoms with Crippen LogP contribution in [0.4, 0.5) is 24.5 Å². The lowest BCUT2D eigenvalue weighted by Crippen LogP contribution is -2.33. The standard InChI is InChI=1S/C24H28F3N3OS/c1-3-13-29(2)14-4-5-16-31-21-10-11-22-18(17-21)12-15-30(22)23(32)28-20-8-6-19(7-9-20)24(25,26)27/h3,6-11,17H,1,4-5,12-16H2,2H3,(H,28,32). The van der Waals surface area contributed by atoms with Crippen LogP contribution < -0.4 is 15.0 Å². The third kappa shape index (κ3) is 6.46. The van der Waals surface area contributed by atoms with Crippen LogP contribution in [0.25, 0.3) is 0 Å². The highest BCUT2D eigenvalue weighted by Gasteiger charge is 2.30. The number of likely N-dealkylation sites (N-methyl/N-ethyl adjacent to an activating group) is 1. The number of benzene rings is 2. The van der Waals surface area contributed by atoms with Crippen molar-refractivity contribution in [2.45, 2.75) is 25.4 Å². The molecule has 32 heavy (non-hydrogen) atoms. The fraction of sp³-hybridized carbons (Fsp3) is 0.375. The number of halogens is 3. The van der Waals surface area contributed by atoms with Crippen molar-refractivity contribution < 1.29 is 17.9 Å². The molecule has 0 amide bonds. The molecule has 0 saturated heterocycles. The van der Waals surface area contributed by atoms with Gasteiger partial charge in [-0.1, -0.05) is 6.08 Å². The highest BCUT2D eigenvalue weighted by Crippen LogP contribution is 2.33. The summed E-state index contributed by atoms with van der Waals surface area (Å²) in [5, 5.41) is 3.49. The largest absolute Gasteiger partial charge is 0.494 e. The topological polar surface area (TPSA) is 27.7 Å². The Balaban J connectivity index is 1.51. The van der Waals surface area contributed by atoms with Crippen LogP contribution in [0.5, 0.6) is 5.75 Å². The zero-order valence-electron chi connectivity index (χ0n) is 18.1. The van der Waals surface area contributed by atoms with Crippen molar-refractivity contribution in [2.75, 3.05) is 43.5 Å². The molecule has 2 aromatic carbocycles. The molecular formula is C24H28F3N3OS. The van der Waals surface area contributed by atoms with Gasteiger partial charge in [0.1, 0.15) is 5.75 Å². The summed E-state index contributed by atoms with van der Waals surface area (Å²) in [5.74, 6) is 0.840. The maximum absolute atomic E-state index is 12.7. The van der Waals surface area contributed by atoms with E-state index in [-0.39, 0.29) is 0 Å². The second-order valence-corrected chi connectivity index (χ2v) is 8.19. The van der Waals surface area contributed by atoms with Crippen molar-refractivity contribution in [1.29, 1.82) is 0 Å².